The molecule has 2 aromatic rings. The maximum atomic E-state index is 6.16. The maximum Gasteiger partial charge on any atom is 0.154 e. The van der Waals surface area contributed by atoms with Gasteiger partial charge in [-0.25, -0.2) is 9.97 Å². The number of anilines is 2. The van der Waals surface area contributed by atoms with Crippen LogP contribution in [-0.2, 0) is 0 Å². The van der Waals surface area contributed by atoms with E-state index in [4.69, 9.17) is 5.73 Å². The van der Waals surface area contributed by atoms with Gasteiger partial charge in [0.25, 0.3) is 0 Å². The average molecular weight is 288 g/mol. The van der Waals surface area contributed by atoms with Crippen LogP contribution in [0.15, 0.2) is 40.5 Å². The number of aromatic nitrogens is 2. The van der Waals surface area contributed by atoms with Crippen LogP contribution in [0.4, 0.5) is 11.5 Å². The minimum atomic E-state index is -0.0890. The van der Waals surface area contributed by atoms with Crippen molar-refractivity contribution < 1.29 is 0 Å². The van der Waals surface area contributed by atoms with Gasteiger partial charge in [-0.1, -0.05) is 29.5 Å². The molecule has 0 radical (unpaired) electrons. The van der Waals surface area contributed by atoms with Crippen LogP contribution in [0.5, 0.6) is 0 Å². The fourth-order valence-electron chi connectivity index (χ4n) is 1.63. The molecule has 1 aromatic carbocycles. The van der Waals surface area contributed by atoms with Gasteiger partial charge in [0, 0.05) is 10.4 Å². The van der Waals surface area contributed by atoms with Gasteiger partial charge < -0.3 is 11.1 Å². The molecule has 0 spiro atoms. The zero-order valence-corrected chi connectivity index (χ0v) is 13.1. The van der Waals surface area contributed by atoms with Gasteiger partial charge in [-0.05, 0) is 39.8 Å². The Morgan fingerprint density at radius 1 is 1.10 bits per heavy atom. The summed E-state index contributed by atoms with van der Waals surface area (Å²) in [6.07, 6.45) is 1.54. The predicted molar refractivity (Wildman–Crippen MR) is 85.1 cm³/mol. The Morgan fingerprint density at radius 2 is 1.75 bits per heavy atom. The molecule has 0 atom stereocenters. The Kier molecular flexibility index (Phi) is 4.18. The largest absolute Gasteiger partial charge is 0.394 e. The highest BCUT2D eigenvalue weighted by Gasteiger charge is 2.15. The van der Waals surface area contributed by atoms with E-state index in [-0.39, 0.29) is 5.54 Å². The molecule has 0 aliphatic rings. The van der Waals surface area contributed by atoms with Crippen molar-refractivity contribution in [3.8, 4) is 0 Å². The third-order valence-corrected chi connectivity index (χ3v) is 3.60. The molecule has 20 heavy (non-hydrogen) atoms. The Hall–Kier alpha value is -1.75. The van der Waals surface area contributed by atoms with E-state index in [2.05, 4.69) is 67.2 Å². The SMILES string of the molecule is Cc1ccc(Sc2ncnc(NC(C)(C)C)c2N)cc1. The lowest BCUT2D eigenvalue weighted by Gasteiger charge is -2.22. The van der Waals surface area contributed by atoms with E-state index in [0.717, 1.165) is 9.92 Å². The summed E-state index contributed by atoms with van der Waals surface area (Å²) < 4.78 is 0. The van der Waals surface area contributed by atoms with Crippen molar-refractivity contribution in [3.05, 3.63) is 36.2 Å². The summed E-state index contributed by atoms with van der Waals surface area (Å²) >= 11 is 1.55. The first-order valence-corrected chi connectivity index (χ1v) is 7.30. The van der Waals surface area contributed by atoms with E-state index in [1.54, 1.807) is 18.1 Å². The number of aryl methyl sites for hydroxylation is 1. The predicted octanol–water partition coefficient (Wildman–Crippen LogP) is 3.73. The Balaban J connectivity index is 2.24. The van der Waals surface area contributed by atoms with Crippen LogP contribution in [-0.4, -0.2) is 15.5 Å². The Bertz CT molecular complexity index is 588. The molecular weight excluding hydrogens is 268 g/mol. The van der Waals surface area contributed by atoms with E-state index < -0.39 is 0 Å². The third kappa shape index (κ3) is 3.87. The second-order valence-corrected chi connectivity index (χ2v) is 6.79. The molecule has 5 heteroatoms. The minimum Gasteiger partial charge on any atom is -0.394 e. The van der Waals surface area contributed by atoms with Crippen LogP contribution >= 0.6 is 11.8 Å². The van der Waals surface area contributed by atoms with Gasteiger partial charge in [-0.3, -0.25) is 0 Å². The van der Waals surface area contributed by atoms with Gasteiger partial charge in [0.1, 0.15) is 17.0 Å². The van der Waals surface area contributed by atoms with Crippen LogP contribution in [0.1, 0.15) is 26.3 Å². The van der Waals surface area contributed by atoms with Crippen molar-refractivity contribution in [2.24, 2.45) is 0 Å². The van der Waals surface area contributed by atoms with E-state index in [0.29, 0.717) is 11.5 Å². The number of nitrogens with zero attached hydrogens (tertiary/aromatic N) is 2. The lowest BCUT2D eigenvalue weighted by Crippen LogP contribution is -2.27. The summed E-state index contributed by atoms with van der Waals surface area (Å²) in [6.45, 7) is 8.28. The Labute approximate surface area is 124 Å². The van der Waals surface area contributed by atoms with E-state index in [9.17, 15) is 0 Å². The molecule has 0 aliphatic carbocycles. The van der Waals surface area contributed by atoms with Crippen molar-refractivity contribution >= 4 is 23.3 Å². The number of nitrogens with two attached hydrogens (primary N) is 1. The third-order valence-electron chi connectivity index (χ3n) is 2.58. The first kappa shape index (κ1) is 14.7. The lowest BCUT2D eigenvalue weighted by atomic mass is 10.1. The smallest absolute Gasteiger partial charge is 0.154 e. The molecule has 0 saturated heterocycles. The fourth-order valence-corrected chi connectivity index (χ4v) is 2.44. The lowest BCUT2D eigenvalue weighted by molar-refractivity contribution is 0.630. The summed E-state index contributed by atoms with van der Waals surface area (Å²) in [5.41, 5.74) is 7.90. The number of rotatable bonds is 3. The molecule has 4 nitrogen and oxygen atoms in total. The fraction of sp³-hybridized carbons (Fsp3) is 0.333. The highest BCUT2D eigenvalue weighted by molar-refractivity contribution is 7.99. The van der Waals surface area contributed by atoms with Gasteiger partial charge in [-0.15, -0.1) is 0 Å². The summed E-state index contributed by atoms with van der Waals surface area (Å²) in [6, 6.07) is 8.29. The maximum absolute atomic E-state index is 6.16. The van der Waals surface area contributed by atoms with Crippen molar-refractivity contribution in [3.63, 3.8) is 0 Å². The zero-order chi connectivity index (χ0) is 14.8. The monoisotopic (exact) mass is 288 g/mol. The minimum absolute atomic E-state index is 0.0890. The van der Waals surface area contributed by atoms with Gasteiger partial charge in [0.05, 0.1) is 0 Å². The van der Waals surface area contributed by atoms with Crippen LogP contribution in [0.2, 0.25) is 0 Å². The highest BCUT2D eigenvalue weighted by atomic mass is 32.2. The Morgan fingerprint density at radius 3 is 2.35 bits per heavy atom. The molecule has 0 saturated carbocycles. The highest BCUT2D eigenvalue weighted by Crippen LogP contribution is 2.33. The molecule has 1 aromatic heterocycles. The molecule has 1 heterocycles. The molecule has 0 bridgehead atoms. The van der Waals surface area contributed by atoms with Crippen LogP contribution in [0, 0.1) is 6.92 Å². The molecule has 0 aliphatic heterocycles. The topological polar surface area (TPSA) is 63.8 Å². The van der Waals surface area contributed by atoms with Gasteiger partial charge >= 0.3 is 0 Å². The van der Waals surface area contributed by atoms with Crippen molar-refractivity contribution in [2.75, 3.05) is 11.1 Å². The summed E-state index contributed by atoms with van der Waals surface area (Å²) in [5.74, 6) is 0.683. The first-order chi connectivity index (χ1) is 9.35. The van der Waals surface area contributed by atoms with Gasteiger partial charge in [0.2, 0.25) is 0 Å². The van der Waals surface area contributed by atoms with E-state index in [1.165, 1.54) is 5.56 Å². The molecule has 0 amide bonds. The summed E-state index contributed by atoms with van der Waals surface area (Å²) in [7, 11) is 0. The average Bonchev–Trinajstić information content (AvgIpc) is 2.35. The number of nitrogens with one attached hydrogen (secondary N) is 1. The summed E-state index contributed by atoms with van der Waals surface area (Å²) in [4.78, 5) is 9.61. The quantitative estimate of drug-likeness (QED) is 0.843. The van der Waals surface area contributed by atoms with Crippen LogP contribution in [0.3, 0.4) is 0 Å². The molecule has 3 N–H and O–H groups in total. The van der Waals surface area contributed by atoms with E-state index >= 15 is 0 Å². The van der Waals surface area contributed by atoms with E-state index in [1.807, 2.05) is 0 Å². The van der Waals surface area contributed by atoms with Gasteiger partial charge in [0.15, 0.2) is 5.82 Å². The van der Waals surface area contributed by atoms with Gasteiger partial charge in [-0.2, -0.15) is 0 Å². The molecule has 106 valence electrons. The van der Waals surface area contributed by atoms with Crippen molar-refractivity contribution in [1.29, 1.82) is 0 Å². The van der Waals surface area contributed by atoms with Crippen molar-refractivity contribution in [1.82, 2.24) is 9.97 Å². The molecule has 0 unspecified atom stereocenters. The molecule has 2 rings (SSSR count). The van der Waals surface area contributed by atoms with Crippen molar-refractivity contribution in [2.45, 2.75) is 43.2 Å². The van der Waals surface area contributed by atoms with Crippen LogP contribution in [0.25, 0.3) is 0 Å². The molecular formula is C15H20N4S. The normalized spacial score (nSPS) is 11.4. The second kappa shape index (κ2) is 5.71. The zero-order valence-electron chi connectivity index (χ0n) is 12.3. The number of nitrogen functional groups attached to an aromatic ring is 1. The molecule has 0 fully saturated rings. The van der Waals surface area contributed by atoms with Crippen LogP contribution < -0.4 is 11.1 Å². The number of benzene rings is 1. The first-order valence-electron chi connectivity index (χ1n) is 6.48. The standard InChI is InChI=1S/C15H20N4S/c1-10-5-7-11(8-6-10)20-14-12(16)13(17-9-18-14)19-15(2,3)4/h5-9H,16H2,1-4H3,(H,17,18,19). The summed E-state index contributed by atoms with van der Waals surface area (Å²) in [5, 5.41) is 4.07. The number of hydrogen-bond acceptors (Lipinski definition) is 5. The number of hydrogen-bond donors (Lipinski definition) is 2. The second-order valence-electron chi connectivity index (χ2n) is 5.73.